The molecule has 0 unspecified atom stereocenters. The maximum absolute atomic E-state index is 12.0. The van der Waals surface area contributed by atoms with Crippen molar-refractivity contribution in [1.82, 2.24) is 19.7 Å². The van der Waals surface area contributed by atoms with Crippen LogP contribution in [-0.2, 0) is 16.4 Å². The summed E-state index contributed by atoms with van der Waals surface area (Å²) in [5.74, 6) is -0.134. The molecule has 1 fully saturated rings. The number of carbonyl (C=O) groups is 1. The van der Waals surface area contributed by atoms with Crippen LogP contribution in [0.3, 0.4) is 0 Å². The number of nitrogens with one attached hydrogen (secondary N) is 1. The molecule has 1 saturated heterocycles. The molecule has 4 aromatic rings. The molecule has 0 bridgehead atoms. The second-order valence-electron chi connectivity index (χ2n) is 9.66. The number of benzene rings is 2. The summed E-state index contributed by atoms with van der Waals surface area (Å²) < 4.78 is 31.5. The van der Waals surface area contributed by atoms with E-state index in [2.05, 4.69) is 28.0 Å². The number of sulfone groups is 1. The first kappa shape index (κ1) is 25.0. The Morgan fingerprint density at radius 3 is 2.65 bits per heavy atom. The third-order valence-corrected chi connectivity index (χ3v) is 8.37. The van der Waals surface area contributed by atoms with Gasteiger partial charge < -0.3 is 14.8 Å². The molecule has 2 N–H and O–H groups in total. The quantitative estimate of drug-likeness (QED) is 0.370. The molecule has 10 heteroatoms. The molecular formula is C27H30N4O5S. The lowest BCUT2D eigenvalue weighted by Crippen LogP contribution is -2.37. The van der Waals surface area contributed by atoms with Crippen molar-refractivity contribution in [2.24, 2.45) is 0 Å². The number of fused-ring (bicyclic) bond motifs is 1. The Balaban J connectivity index is 1.51. The SMILES string of the molecule is COc1cc(C)c2[nH]ccc2c1CN1CC[C@H](n2cc(S(C)(=O)=O)cn2)C[C@H]1c1ccc(C(=O)O)cc1. The Kier molecular flexibility index (Phi) is 6.55. The number of aromatic carboxylic acids is 1. The molecule has 194 valence electrons. The van der Waals surface area contributed by atoms with Crippen LogP contribution >= 0.6 is 0 Å². The molecule has 1 aliphatic rings. The number of likely N-dealkylation sites (tertiary alicyclic amines) is 1. The second kappa shape index (κ2) is 9.68. The Morgan fingerprint density at radius 1 is 1.24 bits per heavy atom. The Hall–Kier alpha value is -3.63. The van der Waals surface area contributed by atoms with Gasteiger partial charge >= 0.3 is 5.97 Å². The van der Waals surface area contributed by atoms with E-state index in [1.807, 2.05) is 24.4 Å². The van der Waals surface area contributed by atoms with Gasteiger partial charge in [-0.1, -0.05) is 12.1 Å². The van der Waals surface area contributed by atoms with E-state index in [-0.39, 0.29) is 22.5 Å². The van der Waals surface area contributed by atoms with Gasteiger partial charge in [0, 0.05) is 54.2 Å². The van der Waals surface area contributed by atoms with Gasteiger partial charge in [0.15, 0.2) is 9.84 Å². The maximum atomic E-state index is 12.0. The molecule has 2 atom stereocenters. The van der Waals surface area contributed by atoms with E-state index in [0.29, 0.717) is 13.0 Å². The predicted molar refractivity (Wildman–Crippen MR) is 140 cm³/mol. The molecule has 5 rings (SSSR count). The molecule has 3 heterocycles. The van der Waals surface area contributed by atoms with E-state index in [0.717, 1.165) is 46.3 Å². The van der Waals surface area contributed by atoms with Gasteiger partial charge in [0.2, 0.25) is 0 Å². The van der Waals surface area contributed by atoms with E-state index in [1.54, 1.807) is 30.1 Å². The van der Waals surface area contributed by atoms with E-state index < -0.39 is 15.8 Å². The summed E-state index contributed by atoms with van der Waals surface area (Å²) in [6.45, 7) is 3.44. The van der Waals surface area contributed by atoms with Crippen LogP contribution in [0.15, 0.2) is 59.9 Å². The van der Waals surface area contributed by atoms with Gasteiger partial charge in [-0.05, 0) is 55.2 Å². The van der Waals surface area contributed by atoms with Crippen LogP contribution < -0.4 is 4.74 Å². The summed E-state index contributed by atoms with van der Waals surface area (Å²) in [5.41, 5.74) is 4.52. The van der Waals surface area contributed by atoms with Gasteiger partial charge in [0.1, 0.15) is 10.6 Å². The Morgan fingerprint density at radius 2 is 2.00 bits per heavy atom. The number of piperidine rings is 1. The zero-order valence-electron chi connectivity index (χ0n) is 21.0. The molecule has 0 aliphatic carbocycles. The molecule has 2 aromatic heterocycles. The van der Waals surface area contributed by atoms with Gasteiger partial charge in [-0.2, -0.15) is 5.10 Å². The number of aryl methyl sites for hydroxylation is 1. The van der Waals surface area contributed by atoms with Crippen LogP contribution in [0.4, 0.5) is 0 Å². The molecule has 0 saturated carbocycles. The molecule has 0 spiro atoms. The number of carboxylic acids is 1. The van der Waals surface area contributed by atoms with E-state index in [4.69, 9.17) is 4.74 Å². The smallest absolute Gasteiger partial charge is 0.335 e. The topological polar surface area (TPSA) is 118 Å². The van der Waals surface area contributed by atoms with Gasteiger partial charge in [0.25, 0.3) is 0 Å². The minimum Gasteiger partial charge on any atom is -0.496 e. The van der Waals surface area contributed by atoms with Crippen molar-refractivity contribution in [3.8, 4) is 5.75 Å². The van der Waals surface area contributed by atoms with Crippen LogP contribution in [0.25, 0.3) is 10.9 Å². The molecule has 0 radical (unpaired) electrons. The Labute approximate surface area is 215 Å². The second-order valence-corrected chi connectivity index (χ2v) is 11.7. The number of hydrogen-bond acceptors (Lipinski definition) is 6. The lowest BCUT2D eigenvalue weighted by Gasteiger charge is -2.40. The first-order chi connectivity index (χ1) is 17.7. The molecule has 9 nitrogen and oxygen atoms in total. The van der Waals surface area contributed by atoms with E-state index in [9.17, 15) is 18.3 Å². The number of nitrogens with zero attached hydrogens (tertiary/aromatic N) is 3. The molecule has 0 amide bonds. The average molecular weight is 523 g/mol. The summed E-state index contributed by atoms with van der Waals surface area (Å²) in [7, 11) is -1.66. The molecule has 1 aliphatic heterocycles. The fourth-order valence-corrected chi connectivity index (χ4v) is 5.85. The first-order valence-corrected chi connectivity index (χ1v) is 14.0. The highest BCUT2D eigenvalue weighted by Gasteiger charge is 2.32. The minimum atomic E-state index is -3.34. The van der Waals surface area contributed by atoms with E-state index >= 15 is 0 Å². The van der Waals surface area contributed by atoms with Crippen LogP contribution in [0.5, 0.6) is 5.75 Å². The van der Waals surface area contributed by atoms with Gasteiger partial charge in [-0.3, -0.25) is 9.58 Å². The highest BCUT2D eigenvalue weighted by atomic mass is 32.2. The van der Waals surface area contributed by atoms with Crippen LogP contribution in [0, 0.1) is 6.92 Å². The molecular weight excluding hydrogens is 492 g/mol. The monoisotopic (exact) mass is 522 g/mol. The first-order valence-electron chi connectivity index (χ1n) is 12.1. The predicted octanol–water partition coefficient (Wildman–Crippen LogP) is 4.36. The average Bonchev–Trinajstić information content (AvgIpc) is 3.56. The fraction of sp³-hybridized carbons (Fsp3) is 0.333. The third kappa shape index (κ3) is 4.86. The van der Waals surface area contributed by atoms with E-state index in [1.165, 1.54) is 12.5 Å². The van der Waals surface area contributed by atoms with Gasteiger partial charge in [0.05, 0.1) is 24.9 Å². The zero-order valence-corrected chi connectivity index (χ0v) is 21.8. The highest BCUT2D eigenvalue weighted by Crippen LogP contribution is 2.40. The van der Waals surface area contributed by atoms with Crippen LogP contribution in [0.1, 0.15) is 52.0 Å². The number of aromatic nitrogens is 3. The number of methoxy groups -OCH3 is 1. The fourth-order valence-electron chi connectivity index (χ4n) is 5.32. The van der Waals surface area contributed by atoms with Crippen molar-refractivity contribution >= 4 is 26.7 Å². The van der Waals surface area contributed by atoms with Crippen molar-refractivity contribution in [2.75, 3.05) is 19.9 Å². The molecule has 2 aromatic carbocycles. The van der Waals surface area contributed by atoms with Crippen molar-refractivity contribution in [3.05, 3.63) is 77.2 Å². The molecule has 37 heavy (non-hydrogen) atoms. The highest BCUT2D eigenvalue weighted by molar-refractivity contribution is 7.90. The van der Waals surface area contributed by atoms with Gasteiger partial charge in [-0.25, -0.2) is 13.2 Å². The largest absolute Gasteiger partial charge is 0.496 e. The zero-order chi connectivity index (χ0) is 26.3. The maximum Gasteiger partial charge on any atom is 0.335 e. The summed E-state index contributed by atoms with van der Waals surface area (Å²) in [6, 6.07) is 11.1. The third-order valence-electron chi connectivity index (χ3n) is 7.30. The lowest BCUT2D eigenvalue weighted by molar-refractivity contribution is 0.0696. The van der Waals surface area contributed by atoms with Crippen molar-refractivity contribution < 1.29 is 23.1 Å². The van der Waals surface area contributed by atoms with Gasteiger partial charge in [-0.15, -0.1) is 0 Å². The van der Waals surface area contributed by atoms with Crippen molar-refractivity contribution in [1.29, 1.82) is 0 Å². The number of hydrogen-bond donors (Lipinski definition) is 2. The van der Waals surface area contributed by atoms with Crippen LogP contribution in [0.2, 0.25) is 0 Å². The summed E-state index contributed by atoms with van der Waals surface area (Å²) in [6.07, 6.45) is 7.61. The standard InChI is InChI=1S/C27H30N4O5S/c1-17-12-25(36-2)23(22-8-10-28-26(17)22)16-30-11-9-20(31-15-21(14-29-31)37(3,34)35)13-24(30)18-4-6-19(7-5-18)27(32)33/h4-8,10,12,14-15,20,24,28H,9,11,13,16H2,1-3H3,(H,32,33)/t20-,24-/m0/s1. The number of H-pyrrole nitrogens is 1. The number of carboxylic acid groups (broad SMARTS) is 1. The summed E-state index contributed by atoms with van der Waals surface area (Å²) in [5, 5.41) is 14.8. The van der Waals surface area contributed by atoms with Crippen molar-refractivity contribution in [3.63, 3.8) is 0 Å². The van der Waals surface area contributed by atoms with Crippen LogP contribution in [-0.4, -0.2) is 59.1 Å². The summed E-state index contributed by atoms with van der Waals surface area (Å²) in [4.78, 5) is 17.3. The number of ether oxygens (including phenoxy) is 1. The number of aromatic amines is 1. The van der Waals surface area contributed by atoms with Crippen molar-refractivity contribution in [2.45, 2.75) is 43.3 Å². The Bertz CT molecular complexity index is 1560. The number of rotatable bonds is 7. The normalized spacial score (nSPS) is 18.8. The summed E-state index contributed by atoms with van der Waals surface area (Å²) >= 11 is 0. The minimum absolute atomic E-state index is 0.00286. The lowest BCUT2D eigenvalue weighted by atomic mass is 9.90.